The van der Waals surface area contributed by atoms with Gasteiger partial charge in [0.15, 0.2) is 0 Å². The molecule has 0 fully saturated rings. The van der Waals surface area contributed by atoms with Gasteiger partial charge in [-0.15, -0.1) is 0 Å². The molecule has 1 N–H and O–H groups in total. The topological polar surface area (TPSA) is 32.6 Å². The third-order valence-corrected chi connectivity index (χ3v) is 2.86. The molecule has 2 nitrogen and oxygen atoms in total. The van der Waals surface area contributed by atoms with E-state index in [0.29, 0.717) is 5.75 Å². The average molecular weight is 358 g/mol. The van der Waals surface area contributed by atoms with Gasteiger partial charge in [-0.3, -0.25) is 4.99 Å². The summed E-state index contributed by atoms with van der Waals surface area (Å²) in [6.45, 7) is 5.95. The predicted molar refractivity (Wildman–Crippen MR) is 87.7 cm³/mol. The third kappa shape index (κ3) is 6.23. The van der Waals surface area contributed by atoms with Gasteiger partial charge in [-0.05, 0) is 50.1 Å². The Morgan fingerprint density at radius 2 is 1.57 bits per heavy atom. The van der Waals surface area contributed by atoms with E-state index in [9.17, 15) is 5.11 Å². The third-order valence-electron chi connectivity index (χ3n) is 2.86. The molecule has 110 valence electrons. The number of aryl methyl sites for hydroxylation is 3. The van der Waals surface area contributed by atoms with Crippen LogP contribution in [0.1, 0.15) is 22.3 Å². The Balaban J connectivity index is 0.000000677. The van der Waals surface area contributed by atoms with Crippen molar-refractivity contribution in [1.29, 1.82) is 0 Å². The standard InChI is InChI=1S/C16H17NO.2ClH.Ti/c1-11-4-6-15(7-5-11)17-10-14-9-12(2)8-13(3)16(14)18;;;/h4-10,18H,1-3H3;2*1H;/q;;;+2/p-2. The molecule has 5 heteroatoms. The van der Waals surface area contributed by atoms with Gasteiger partial charge < -0.3 is 5.11 Å². The number of aliphatic imine (C=N–C) groups is 1. The normalized spacial score (nSPS) is 10.1. The number of phenols is 1. The van der Waals surface area contributed by atoms with E-state index in [1.165, 1.54) is 5.56 Å². The first-order chi connectivity index (χ1) is 9.97. The number of hydrogen-bond donors (Lipinski definition) is 1. The van der Waals surface area contributed by atoms with Gasteiger partial charge in [0.1, 0.15) is 5.75 Å². The maximum atomic E-state index is 9.95. The molecule has 2 aromatic rings. The Morgan fingerprint density at radius 1 is 1.00 bits per heavy atom. The fraction of sp³-hybridized carbons (Fsp3) is 0.188. The maximum absolute atomic E-state index is 9.95. The second-order valence-corrected chi connectivity index (χ2v) is 7.26. The molecule has 0 amide bonds. The first-order valence-electron chi connectivity index (χ1n) is 6.35. The number of halogens is 2. The summed E-state index contributed by atoms with van der Waals surface area (Å²) in [5.41, 5.74) is 4.85. The van der Waals surface area contributed by atoms with Crippen molar-refractivity contribution in [2.24, 2.45) is 4.99 Å². The summed E-state index contributed by atoms with van der Waals surface area (Å²) < 4.78 is 0. The molecule has 0 spiro atoms. The number of hydrogen-bond acceptors (Lipinski definition) is 2. The Labute approximate surface area is 142 Å². The molecule has 0 radical (unpaired) electrons. The zero-order chi connectivity index (χ0) is 15.8. The molecule has 0 atom stereocenters. The van der Waals surface area contributed by atoms with Crippen LogP contribution in [0.15, 0.2) is 41.4 Å². The van der Waals surface area contributed by atoms with E-state index in [1.54, 1.807) is 6.21 Å². The molecule has 2 rings (SSSR count). The molecule has 2 aromatic carbocycles. The molecule has 0 unspecified atom stereocenters. The van der Waals surface area contributed by atoms with Crippen LogP contribution in [0.25, 0.3) is 0 Å². The first kappa shape index (κ1) is 18.3. The minimum atomic E-state index is -0.556. The molecule has 0 aromatic heterocycles. The fourth-order valence-electron chi connectivity index (χ4n) is 1.87. The van der Waals surface area contributed by atoms with Crippen molar-refractivity contribution in [3.05, 3.63) is 58.7 Å². The zero-order valence-corrected chi connectivity index (χ0v) is 15.3. The van der Waals surface area contributed by atoms with E-state index in [1.807, 2.05) is 57.2 Å². The van der Waals surface area contributed by atoms with Crippen molar-refractivity contribution in [3.63, 3.8) is 0 Å². The van der Waals surface area contributed by atoms with Crippen LogP contribution in [0.2, 0.25) is 0 Å². The van der Waals surface area contributed by atoms with Crippen LogP contribution in [0.3, 0.4) is 0 Å². The van der Waals surface area contributed by atoms with Gasteiger partial charge in [0.05, 0.1) is 5.69 Å². The molecule has 0 heterocycles. The van der Waals surface area contributed by atoms with E-state index >= 15 is 0 Å². The number of phenolic OH excluding ortho intramolecular Hbond substituents is 1. The summed E-state index contributed by atoms with van der Waals surface area (Å²) in [5, 5.41) is 9.95. The number of aromatic hydroxyl groups is 1. The van der Waals surface area contributed by atoms with Crippen molar-refractivity contribution >= 4 is 30.5 Å². The summed E-state index contributed by atoms with van der Waals surface area (Å²) in [4.78, 5) is 4.38. The Hall–Kier alpha value is -0.796. The summed E-state index contributed by atoms with van der Waals surface area (Å²) in [5.74, 6) is 0.302. The van der Waals surface area contributed by atoms with Crippen molar-refractivity contribution in [3.8, 4) is 5.75 Å². The van der Waals surface area contributed by atoms with Crippen LogP contribution < -0.4 is 0 Å². The Bertz CT molecular complexity index is 612. The van der Waals surface area contributed by atoms with Gasteiger partial charge >= 0.3 is 35.6 Å². The number of rotatable bonds is 2. The predicted octanol–water partition coefficient (Wildman–Crippen LogP) is 5.44. The quantitative estimate of drug-likeness (QED) is 0.562. The molecule has 21 heavy (non-hydrogen) atoms. The number of benzene rings is 2. The molecular formula is C16H17Cl2NOTi. The zero-order valence-electron chi connectivity index (χ0n) is 12.2. The molecule has 0 bridgehead atoms. The second-order valence-electron chi connectivity index (χ2n) is 4.68. The summed E-state index contributed by atoms with van der Waals surface area (Å²) >= 11 is -0.556. The van der Waals surface area contributed by atoms with Gasteiger partial charge in [-0.25, -0.2) is 0 Å². The van der Waals surface area contributed by atoms with E-state index in [4.69, 9.17) is 18.6 Å². The van der Waals surface area contributed by atoms with Gasteiger partial charge in [-0.2, -0.15) is 0 Å². The van der Waals surface area contributed by atoms with Crippen molar-refractivity contribution in [1.82, 2.24) is 0 Å². The van der Waals surface area contributed by atoms with E-state index < -0.39 is 17.0 Å². The second kappa shape index (κ2) is 9.27. The summed E-state index contributed by atoms with van der Waals surface area (Å²) in [6, 6.07) is 11.9. The van der Waals surface area contributed by atoms with Gasteiger partial charge in [-0.1, -0.05) is 23.8 Å². The van der Waals surface area contributed by atoms with Crippen LogP contribution in [0.4, 0.5) is 5.69 Å². The summed E-state index contributed by atoms with van der Waals surface area (Å²) in [6.07, 6.45) is 1.71. The SMILES string of the molecule is Cc1ccc(N=Cc2cc(C)cc(C)c2O)cc1.[Cl][Ti][Cl]. The molecule has 0 aliphatic heterocycles. The monoisotopic (exact) mass is 357 g/mol. The van der Waals surface area contributed by atoms with Crippen LogP contribution in [0, 0.1) is 20.8 Å². The molecule has 0 aliphatic rings. The fourth-order valence-corrected chi connectivity index (χ4v) is 1.87. The van der Waals surface area contributed by atoms with Gasteiger partial charge in [0.2, 0.25) is 0 Å². The van der Waals surface area contributed by atoms with Gasteiger partial charge in [0.25, 0.3) is 0 Å². The van der Waals surface area contributed by atoms with Crippen LogP contribution in [-0.2, 0) is 17.0 Å². The minimum absolute atomic E-state index is 0.302. The van der Waals surface area contributed by atoms with E-state index in [-0.39, 0.29) is 0 Å². The van der Waals surface area contributed by atoms with Crippen LogP contribution in [0.5, 0.6) is 5.75 Å². The molecule has 0 aliphatic carbocycles. The van der Waals surface area contributed by atoms with Crippen molar-refractivity contribution < 1.29 is 22.1 Å². The van der Waals surface area contributed by atoms with Gasteiger partial charge in [0, 0.05) is 11.8 Å². The van der Waals surface area contributed by atoms with Crippen LogP contribution >= 0.6 is 18.6 Å². The van der Waals surface area contributed by atoms with Crippen LogP contribution in [-0.4, -0.2) is 11.3 Å². The first-order valence-corrected chi connectivity index (χ1v) is 10.6. The molecular weight excluding hydrogens is 341 g/mol. The Morgan fingerprint density at radius 3 is 2.14 bits per heavy atom. The van der Waals surface area contributed by atoms with Crippen molar-refractivity contribution in [2.45, 2.75) is 20.8 Å². The summed E-state index contributed by atoms with van der Waals surface area (Å²) in [7, 11) is 9.78. The van der Waals surface area contributed by atoms with E-state index in [0.717, 1.165) is 22.4 Å². The molecule has 0 saturated heterocycles. The Kier molecular flexibility index (Phi) is 8.06. The number of nitrogens with zero attached hydrogens (tertiary/aromatic N) is 1. The van der Waals surface area contributed by atoms with E-state index in [2.05, 4.69) is 4.99 Å². The van der Waals surface area contributed by atoms with Crippen molar-refractivity contribution in [2.75, 3.05) is 0 Å². The average Bonchev–Trinajstić information content (AvgIpc) is 2.44. The molecule has 0 saturated carbocycles.